The molecule has 0 aliphatic heterocycles. The first-order chi connectivity index (χ1) is 5.08. The monoisotopic (exact) mass is 147 g/mol. The fraction of sp³-hybridized carbons (Fsp3) is 0.455. The maximum absolute atomic E-state index is 3.02. The SMILES string of the molecule is CC(C)(C)Cc1cc[c]cc1. The molecule has 0 saturated carbocycles. The summed E-state index contributed by atoms with van der Waals surface area (Å²) in [6, 6.07) is 11.2. The van der Waals surface area contributed by atoms with Gasteiger partial charge in [0, 0.05) is 0 Å². The van der Waals surface area contributed by atoms with Gasteiger partial charge in [-0.3, -0.25) is 0 Å². The van der Waals surface area contributed by atoms with E-state index in [1.165, 1.54) is 5.56 Å². The predicted octanol–water partition coefficient (Wildman–Crippen LogP) is 3.08. The lowest BCUT2D eigenvalue weighted by Gasteiger charge is -2.17. The van der Waals surface area contributed by atoms with Crippen LogP contribution in [0, 0.1) is 11.5 Å². The Hall–Kier alpha value is -0.780. The highest BCUT2D eigenvalue weighted by molar-refractivity contribution is 5.14. The fourth-order valence-corrected chi connectivity index (χ4v) is 1.15. The van der Waals surface area contributed by atoms with Crippen LogP contribution in [0.1, 0.15) is 26.3 Å². The highest BCUT2D eigenvalue weighted by atomic mass is 14.1. The zero-order valence-corrected chi connectivity index (χ0v) is 7.52. The molecule has 1 aromatic carbocycles. The molecule has 0 bridgehead atoms. The Morgan fingerprint density at radius 2 is 1.73 bits per heavy atom. The molecule has 0 aromatic heterocycles. The number of hydrogen-bond acceptors (Lipinski definition) is 0. The van der Waals surface area contributed by atoms with Gasteiger partial charge in [0.05, 0.1) is 0 Å². The van der Waals surface area contributed by atoms with Crippen molar-refractivity contribution in [3.05, 3.63) is 35.9 Å². The molecule has 0 saturated heterocycles. The van der Waals surface area contributed by atoms with Crippen molar-refractivity contribution >= 4 is 0 Å². The Kier molecular flexibility index (Phi) is 2.33. The van der Waals surface area contributed by atoms with Gasteiger partial charge in [-0.05, 0) is 23.5 Å². The molecule has 1 aromatic rings. The van der Waals surface area contributed by atoms with E-state index in [0.717, 1.165) is 6.42 Å². The van der Waals surface area contributed by atoms with E-state index < -0.39 is 0 Å². The lowest BCUT2D eigenvalue weighted by Crippen LogP contribution is -2.08. The third kappa shape index (κ3) is 3.22. The summed E-state index contributed by atoms with van der Waals surface area (Å²) in [6.07, 6.45) is 1.14. The summed E-state index contributed by atoms with van der Waals surface area (Å²) in [7, 11) is 0. The third-order valence-electron chi connectivity index (χ3n) is 1.52. The lowest BCUT2D eigenvalue weighted by molar-refractivity contribution is 0.411. The molecular weight excluding hydrogens is 132 g/mol. The van der Waals surface area contributed by atoms with Crippen molar-refractivity contribution in [3.8, 4) is 0 Å². The topological polar surface area (TPSA) is 0 Å². The van der Waals surface area contributed by atoms with Crippen LogP contribution >= 0.6 is 0 Å². The Morgan fingerprint density at radius 3 is 2.18 bits per heavy atom. The second-order valence-electron chi connectivity index (χ2n) is 4.15. The van der Waals surface area contributed by atoms with Crippen LogP contribution in [0.15, 0.2) is 24.3 Å². The molecule has 1 radical (unpaired) electrons. The Balaban J connectivity index is 2.66. The number of benzene rings is 1. The highest BCUT2D eigenvalue weighted by Crippen LogP contribution is 2.19. The molecule has 0 atom stereocenters. The van der Waals surface area contributed by atoms with Crippen LogP contribution in [-0.4, -0.2) is 0 Å². The van der Waals surface area contributed by atoms with Gasteiger partial charge in [-0.2, -0.15) is 0 Å². The van der Waals surface area contributed by atoms with Crippen LogP contribution in [-0.2, 0) is 6.42 Å². The molecule has 0 N–H and O–H groups in total. The minimum Gasteiger partial charge on any atom is -0.0599 e. The van der Waals surface area contributed by atoms with E-state index in [9.17, 15) is 0 Å². The maximum Gasteiger partial charge on any atom is -0.0184 e. The fourth-order valence-electron chi connectivity index (χ4n) is 1.15. The van der Waals surface area contributed by atoms with Crippen LogP contribution in [0.2, 0.25) is 0 Å². The largest absolute Gasteiger partial charge is 0.0599 e. The van der Waals surface area contributed by atoms with Gasteiger partial charge in [-0.15, -0.1) is 0 Å². The van der Waals surface area contributed by atoms with Crippen molar-refractivity contribution in [2.24, 2.45) is 5.41 Å². The van der Waals surface area contributed by atoms with E-state index in [1.807, 2.05) is 12.1 Å². The molecule has 0 aliphatic rings. The zero-order valence-electron chi connectivity index (χ0n) is 7.52. The summed E-state index contributed by atoms with van der Waals surface area (Å²) in [4.78, 5) is 0. The minimum absolute atomic E-state index is 0.390. The van der Waals surface area contributed by atoms with E-state index in [1.54, 1.807) is 0 Å². The first kappa shape index (κ1) is 8.32. The molecule has 0 heterocycles. The van der Waals surface area contributed by atoms with Crippen molar-refractivity contribution in [2.45, 2.75) is 27.2 Å². The van der Waals surface area contributed by atoms with Crippen molar-refractivity contribution < 1.29 is 0 Å². The average molecular weight is 147 g/mol. The zero-order chi connectivity index (χ0) is 8.32. The maximum atomic E-state index is 3.02. The van der Waals surface area contributed by atoms with Gasteiger partial charge in [0.25, 0.3) is 0 Å². The van der Waals surface area contributed by atoms with Gasteiger partial charge in [-0.25, -0.2) is 0 Å². The van der Waals surface area contributed by atoms with Crippen molar-refractivity contribution in [1.82, 2.24) is 0 Å². The molecule has 59 valence electrons. The van der Waals surface area contributed by atoms with Crippen LogP contribution in [0.4, 0.5) is 0 Å². The first-order valence-electron chi connectivity index (χ1n) is 4.03. The van der Waals surface area contributed by atoms with Gasteiger partial charge in [0.1, 0.15) is 0 Å². The number of hydrogen-bond donors (Lipinski definition) is 0. The molecule has 0 unspecified atom stereocenters. The van der Waals surface area contributed by atoms with E-state index in [4.69, 9.17) is 0 Å². The molecular formula is C11H15. The first-order valence-corrected chi connectivity index (χ1v) is 4.03. The molecule has 0 nitrogen and oxygen atoms in total. The Bertz CT molecular complexity index is 203. The van der Waals surface area contributed by atoms with Crippen molar-refractivity contribution in [2.75, 3.05) is 0 Å². The summed E-state index contributed by atoms with van der Waals surface area (Å²) < 4.78 is 0. The summed E-state index contributed by atoms with van der Waals surface area (Å²) in [5.41, 5.74) is 1.79. The van der Waals surface area contributed by atoms with Crippen LogP contribution in [0.25, 0.3) is 0 Å². The smallest absolute Gasteiger partial charge is 0.0184 e. The third-order valence-corrected chi connectivity index (χ3v) is 1.52. The van der Waals surface area contributed by atoms with E-state index in [-0.39, 0.29) is 0 Å². The average Bonchev–Trinajstić information content (AvgIpc) is 1.85. The second-order valence-corrected chi connectivity index (χ2v) is 4.15. The minimum atomic E-state index is 0.390. The second kappa shape index (κ2) is 3.08. The van der Waals surface area contributed by atoms with E-state index in [2.05, 4.69) is 39.0 Å². The number of rotatable bonds is 1. The van der Waals surface area contributed by atoms with Crippen LogP contribution in [0.5, 0.6) is 0 Å². The molecule has 11 heavy (non-hydrogen) atoms. The lowest BCUT2D eigenvalue weighted by atomic mass is 9.88. The molecule has 0 spiro atoms. The van der Waals surface area contributed by atoms with Gasteiger partial charge < -0.3 is 0 Å². The quantitative estimate of drug-likeness (QED) is 0.572. The highest BCUT2D eigenvalue weighted by Gasteiger charge is 2.09. The predicted molar refractivity (Wildman–Crippen MR) is 48.4 cm³/mol. The van der Waals surface area contributed by atoms with Gasteiger partial charge in [-0.1, -0.05) is 45.0 Å². The molecule has 0 amide bonds. The van der Waals surface area contributed by atoms with Crippen LogP contribution in [0.3, 0.4) is 0 Å². The van der Waals surface area contributed by atoms with Crippen LogP contribution < -0.4 is 0 Å². The molecule has 1 rings (SSSR count). The normalized spacial score (nSPS) is 11.5. The Morgan fingerprint density at radius 1 is 1.18 bits per heavy atom. The van der Waals surface area contributed by atoms with E-state index >= 15 is 0 Å². The summed E-state index contributed by atoms with van der Waals surface area (Å²) in [6.45, 7) is 6.76. The van der Waals surface area contributed by atoms with Gasteiger partial charge in [0.2, 0.25) is 0 Å². The molecule has 0 heteroatoms. The van der Waals surface area contributed by atoms with Gasteiger partial charge >= 0.3 is 0 Å². The molecule has 0 aliphatic carbocycles. The summed E-state index contributed by atoms with van der Waals surface area (Å²) in [5.74, 6) is 0. The summed E-state index contributed by atoms with van der Waals surface area (Å²) in [5, 5.41) is 0. The Labute approximate surface area is 69.3 Å². The van der Waals surface area contributed by atoms with E-state index in [0.29, 0.717) is 5.41 Å². The van der Waals surface area contributed by atoms with Crippen molar-refractivity contribution in [3.63, 3.8) is 0 Å². The standard InChI is InChI=1S/C11H15/c1-11(2,3)9-10-7-5-4-6-8-10/h5-8H,9H2,1-3H3. The molecule has 0 fully saturated rings. The van der Waals surface area contributed by atoms with Crippen molar-refractivity contribution in [1.29, 1.82) is 0 Å². The van der Waals surface area contributed by atoms with Gasteiger partial charge in [0.15, 0.2) is 0 Å². The summed E-state index contributed by atoms with van der Waals surface area (Å²) >= 11 is 0.